The van der Waals surface area contributed by atoms with Crippen molar-refractivity contribution in [3.05, 3.63) is 113 Å². The fourth-order valence-electron chi connectivity index (χ4n) is 5.38. The first kappa shape index (κ1) is 28.2. The monoisotopic (exact) mass is 553 g/mol. The van der Waals surface area contributed by atoms with Crippen LogP contribution in [-0.2, 0) is 22.5 Å². The van der Waals surface area contributed by atoms with Crippen LogP contribution in [-0.4, -0.2) is 55.0 Å². The van der Waals surface area contributed by atoms with Gasteiger partial charge in [-0.15, -0.1) is 0 Å². The zero-order chi connectivity index (χ0) is 28.6. The number of rotatable bonds is 10. The van der Waals surface area contributed by atoms with E-state index in [0.29, 0.717) is 50.5 Å². The maximum absolute atomic E-state index is 12.3. The Kier molecular flexibility index (Phi) is 9.16. The molecular formula is C34H35NO6. The summed E-state index contributed by atoms with van der Waals surface area (Å²) in [4.78, 5) is 25.5. The number of nitrogens with zero attached hydrogens (tertiary/aromatic N) is 1. The van der Waals surface area contributed by atoms with Crippen LogP contribution in [0.2, 0.25) is 0 Å². The van der Waals surface area contributed by atoms with Crippen LogP contribution in [0.25, 0.3) is 10.8 Å². The summed E-state index contributed by atoms with van der Waals surface area (Å²) in [5.41, 5.74) is 3.84. The van der Waals surface area contributed by atoms with Gasteiger partial charge in [0.2, 0.25) is 0 Å². The smallest absolute Gasteiger partial charge is 0.407 e. The van der Waals surface area contributed by atoms with E-state index in [0.717, 1.165) is 28.5 Å². The Labute approximate surface area is 240 Å². The van der Waals surface area contributed by atoms with Crippen LogP contribution in [0.3, 0.4) is 0 Å². The summed E-state index contributed by atoms with van der Waals surface area (Å²) < 4.78 is 17.0. The Morgan fingerprint density at radius 2 is 1.68 bits per heavy atom. The number of ether oxygens (including phenoxy) is 3. The van der Waals surface area contributed by atoms with Crippen molar-refractivity contribution >= 4 is 22.8 Å². The molecule has 5 rings (SSSR count). The fraction of sp³-hybridized carbons (Fsp3) is 0.294. The van der Waals surface area contributed by atoms with E-state index in [-0.39, 0.29) is 18.0 Å². The van der Waals surface area contributed by atoms with Gasteiger partial charge in [-0.3, -0.25) is 0 Å². The number of hydrogen-bond donors (Lipinski definition) is 1. The third-order valence-corrected chi connectivity index (χ3v) is 7.66. The molecule has 1 N–H and O–H groups in total. The quantitative estimate of drug-likeness (QED) is 0.174. The van der Waals surface area contributed by atoms with Crippen molar-refractivity contribution in [3.63, 3.8) is 0 Å². The maximum atomic E-state index is 12.3. The largest absolute Gasteiger partial charge is 0.497 e. The minimum Gasteiger partial charge on any atom is -0.497 e. The Morgan fingerprint density at radius 1 is 0.902 bits per heavy atom. The summed E-state index contributed by atoms with van der Waals surface area (Å²) in [7, 11) is 1.56. The fourth-order valence-corrected chi connectivity index (χ4v) is 5.38. The van der Waals surface area contributed by atoms with Gasteiger partial charge in [-0.1, -0.05) is 66.7 Å². The number of fused-ring (bicyclic) bond motifs is 1. The van der Waals surface area contributed by atoms with Crippen LogP contribution in [0.4, 0.5) is 4.79 Å². The number of piperidine rings is 1. The molecule has 7 nitrogen and oxygen atoms in total. The van der Waals surface area contributed by atoms with Crippen LogP contribution in [0.5, 0.6) is 5.75 Å². The molecule has 0 aromatic heterocycles. The highest BCUT2D eigenvalue weighted by atomic mass is 16.5. The molecular weight excluding hydrogens is 518 g/mol. The topological polar surface area (TPSA) is 85.3 Å². The highest BCUT2D eigenvalue weighted by Gasteiger charge is 2.33. The van der Waals surface area contributed by atoms with Gasteiger partial charge < -0.3 is 24.2 Å². The second kappa shape index (κ2) is 13.3. The van der Waals surface area contributed by atoms with Crippen LogP contribution in [0.15, 0.2) is 91.0 Å². The lowest BCUT2D eigenvalue weighted by molar-refractivity contribution is -0.0199. The van der Waals surface area contributed by atoms with Crippen LogP contribution in [0, 0.1) is 0 Å². The lowest BCUT2D eigenvalue weighted by Gasteiger charge is -2.37. The predicted octanol–water partition coefficient (Wildman–Crippen LogP) is 6.69. The summed E-state index contributed by atoms with van der Waals surface area (Å²) in [5, 5.41) is 12.0. The molecule has 1 amide bonds. The van der Waals surface area contributed by atoms with E-state index >= 15 is 0 Å². The number of likely N-dealkylation sites (tertiary alicyclic amines) is 1. The summed E-state index contributed by atoms with van der Waals surface area (Å²) in [5.74, 6) is 0.361. The third-order valence-electron chi connectivity index (χ3n) is 7.66. The molecule has 0 radical (unpaired) electrons. The molecule has 2 atom stereocenters. The van der Waals surface area contributed by atoms with E-state index in [1.54, 1.807) is 31.4 Å². The molecule has 0 bridgehead atoms. The number of esters is 1. The van der Waals surface area contributed by atoms with Gasteiger partial charge >= 0.3 is 12.1 Å². The average Bonchev–Trinajstić information content (AvgIpc) is 3.02. The maximum Gasteiger partial charge on any atom is 0.407 e. The molecule has 0 spiro atoms. The molecule has 1 heterocycles. The second-order valence-electron chi connectivity index (χ2n) is 10.4. The van der Waals surface area contributed by atoms with Crippen molar-refractivity contribution in [1.82, 2.24) is 4.90 Å². The van der Waals surface area contributed by atoms with Crippen molar-refractivity contribution in [1.29, 1.82) is 0 Å². The van der Waals surface area contributed by atoms with Gasteiger partial charge in [0, 0.05) is 12.5 Å². The first-order chi connectivity index (χ1) is 20.0. The number of amides is 1. The second-order valence-corrected chi connectivity index (χ2v) is 10.4. The van der Waals surface area contributed by atoms with Gasteiger partial charge in [0.15, 0.2) is 0 Å². The molecule has 1 saturated heterocycles. The molecule has 1 aliphatic rings. The third kappa shape index (κ3) is 7.24. The van der Waals surface area contributed by atoms with E-state index in [1.165, 1.54) is 10.3 Å². The van der Waals surface area contributed by atoms with Crippen molar-refractivity contribution < 1.29 is 28.9 Å². The molecule has 4 aromatic carbocycles. The average molecular weight is 554 g/mol. The Balaban J connectivity index is 1.17. The lowest BCUT2D eigenvalue weighted by atomic mass is 9.86. The molecule has 4 aromatic rings. The molecule has 2 unspecified atom stereocenters. The number of hydrogen-bond acceptors (Lipinski definition) is 5. The van der Waals surface area contributed by atoms with Gasteiger partial charge in [0.05, 0.1) is 38.5 Å². The van der Waals surface area contributed by atoms with Gasteiger partial charge in [-0.2, -0.15) is 0 Å². The molecule has 1 fully saturated rings. The van der Waals surface area contributed by atoms with Crippen LogP contribution in [0.1, 0.15) is 45.8 Å². The summed E-state index contributed by atoms with van der Waals surface area (Å²) in [6, 6.07) is 29.9. The molecule has 1 aliphatic heterocycles. The van der Waals surface area contributed by atoms with Crippen molar-refractivity contribution in [3.8, 4) is 5.75 Å². The van der Waals surface area contributed by atoms with Gasteiger partial charge in [0.25, 0.3) is 0 Å². The summed E-state index contributed by atoms with van der Waals surface area (Å²) >= 11 is 0. The first-order valence-electron chi connectivity index (χ1n) is 14.0. The van der Waals surface area contributed by atoms with Gasteiger partial charge in [0.1, 0.15) is 5.75 Å². The molecule has 0 aliphatic carbocycles. The van der Waals surface area contributed by atoms with E-state index in [9.17, 15) is 14.7 Å². The van der Waals surface area contributed by atoms with Gasteiger partial charge in [-0.05, 0) is 71.0 Å². The minimum atomic E-state index is -0.912. The Morgan fingerprint density at radius 3 is 2.46 bits per heavy atom. The molecule has 7 heteroatoms. The standard InChI is InChI=1S/C34H35NO6/c1-39-30-10-4-9-29(21-30)33(36)40-19-5-6-24-11-15-27(16-12-24)31-17-18-35(34(37)38)22-32(31)41-23-25-13-14-26-7-2-3-8-28(26)20-25/h2-4,7-16,20-21,31-32H,5-6,17-19,22-23H2,1H3,(H,37,38). The van der Waals surface area contributed by atoms with Crippen molar-refractivity contribution in [2.75, 3.05) is 26.8 Å². The predicted molar refractivity (Wildman–Crippen MR) is 158 cm³/mol. The van der Waals surface area contributed by atoms with E-state index in [4.69, 9.17) is 14.2 Å². The number of carboxylic acid groups (broad SMARTS) is 1. The first-order valence-corrected chi connectivity index (χ1v) is 14.0. The number of carbonyl (C=O) groups is 2. The van der Waals surface area contributed by atoms with E-state index in [2.05, 4.69) is 54.6 Å². The molecule has 41 heavy (non-hydrogen) atoms. The molecule has 0 saturated carbocycles. The number of methoxy groups -OCH3 is 1. The highest BCUT2D eigenvalue weighted by Crippen LogP contribution is 2.32. The number of aryl methyl sites for hydroxylation is 1. The molecule has 212 valence electrons. The number of benzene rings is 4. The van der Waals surface area contributed by atoms with Crippen molar-refractivity contribution in [2.45, 2.75) is 37.9 Å². The number of carbonyl (C=O) groups excluding carboxylic acids is 1. The zero-order valence-corrected chi connectivity index (χ0v) is 23.2. The zero-order valence-electron chi connectivity index (χ0n) is 23.2. The van der Waals surface area contributed by atoms with Gasteiger partial charge in [-0.25, -0.2) is 9.59 Å². The van der Waals surface area contributed by atoms with E-state index in [1.807, 2.05) is 12.1 Å². The Bertz CT molecular complexity index is 1480. The Hall–Kier alpha value is -4.36. The SMILES string of the molecule is COc1cccc(C(=O)OCCCc2ccc(C3CCN(C(=O)O)CC3OCc3ccc4ccccc4c3)cc2)c1. The van der Waals surface area contributed by atoms with Crippen LogP contribution >= 0.6 is 0 Å². The highest BCUT2D eigenvalue weighted by molar-refractivity contribution is 5.89. The minimum absolute atomic E-state index is 0.101. The summed E-state index contributed by atoms with van der Waals surface area (Å²) in [6.07, 6.45) is 1.04. The lowest BCUT2D eigenvalue weighted by Crippen LogP contribution is -2.46. The summed E-state index contributed by atoms with van der Waals surface area (Å²) in [6.45, 7) is 1.58. The van der Waals surface area contributed by atoms with Crippen LogP contribution < -0.4 is 4.74 Å². The van der Waals surface area contributed by atoms with E-state index < -0.39 is 6.09 Å². The normalized spacial score (nSPS) is 16.9. The van der Waals surface area contributed by atoms with Crippen molar-refractivity contribution in [2.24, 2.45) is 0 Å².